The van der Waals surface area contributed by atoms with E-state index in [4.69, 9.17) is 4.74 Å². The third kappa shape index (κ3) is 2.88. The number of nitrogens with one attached hydrogen (secondary N) is 1. The van der Waals surface area contributed by atoms with Crippen LogP contribution in [-0.2, 0) is 4.74 Å². The molecule has 1 aliphatic carbocycles. The van der Waals surface area contributed by atoms with E-state index >= 15 is 0 Å². The van der Waals surface area contributed by atoms with Crippen LogP contribution in [0.5, 0.6) is 0 Å². The zero-order chi connectivity index (χ0) is 12.4. The van der Waals surface area contributed by atoms with Gasteiger partial charge >= 0.3 is 0 Å². The van der Waals surface area contributed by atoms with E-state index < -0.39 is 0 Å². The molecule has 1 unspecified atom stereocenters. The van der Waals surface area contributed by atoms with Gasteiger partial charge in [-0.15, -0.1) is 0 Å². The van der Waals surface area contributed by atoms with Gasteiger partial charge in [-0.2, -0.15) is 0 Å². The van der Waals surface area contributed by atoms with Crippen molar-refractivity contribution in [2.24, 2.45) is 0 Å². The maximum absolute atomic E-state index is 5.57. The van der Waals surface area contributed by atoms with Gasteiger partial charge in [0.25, 0.3) is 0 Å². The van der Waals surface area contributed by atoms with Crippen LogP contribution in [0.25, 0.3) is 0 Å². The molecule has 0 bridgehead atoms. The predicted molar refractivity (Wildman–Crippen MR) is 76.3 cm³/mol. The second-order valence-corrected chi connectivity index (χ2v) is 5.33. The van der Waals surface area contributed by atoms with Crippen molar-refractivity contribution in [1.82, 2.24) is 9.97 Å². The fraction of sp³-hybridized carbons (Fsp3) is 0.667. The fourth-order valence-corrected chi connectivity index (χ4v) is 2.73. The number of hydrogen-bond acceptors (Lipinski definition) is 4. The Bertz CT molecular complexity index is 407. The summed E-state index contributed by atoms with van der Waals surface area (Å²) in [5, 5.41) is 3.14. The highest BCUT2D eigenvalue weighted by atomic mass is 127. The monoisotopic (exact) mass is 347 g/mol. The summed E-state index contributed by atoms with van der Waals surface area (Å²) in [4.78, 5) is 9.20. The van der Waals surface area contributed by atoms with Crippen LogP contribution in [0.3, 0.4) is 0 Å². The average molecular weight is 347 g/mol. The van der Waals surface area contributed by atoms with Crippen LogP contribution in [0.2, 0.25) is 0 Å². The summed E-state index contributed by atoms with van der Waals surface area (Å²) < 4.78 is 6.72. The quantitative estimate of drug-likeness (QED) is 0.832. The van der Waals surface area contributed by atoms with Gasteiger partial charge in [-0.25, -0.2) is 9.97 Å². The van der Waals surface area contributed by atoms with E-state index in [-0.39, 0.29) is 6.10 Å². The van der Waals surface area contributed by atoms with Crippen LogP contribution in [-0.4, -0.2) is 23.6 Å². The molecule has 1 aliphatic rings. The lowest BCUT2D eigenvalue weighted by molar-refractivity contribution is 0.0699. The molecule has 1 heterocycles. The van der Waals surface area contributed by atoms with Gasteiger partial charge in [-0.05, 0) is 49.3 Å². The number of halogens is 1. The normalized spacial score (nSPS) is 16.9. The Labute approximate surface area is 116 Å². The molecular weight excluding hydrogens is 329 g/mol. The molecule has 0 radical (unpaired) electrons. The van der Waals surface area contributed by atoms with Crippen LogP contribution in [0, 0.1) is 3.57 Å². The van der Waals surface area contributed by atoms with Gasteiger partial charge in [0.1, 0.15) is 11.9 Å². The molecule has 94 valence electrons. The van der Waals surface area contributed by atoms with Crippen molar-refractivity contribution in [2.45, 2.75) is 38.7 Å². The number of aromatic nitrogens is 2. The maximum atomic E-state index is 5.57. The Morgan fingerprint density at radius 3 is 2.71 bits per heavy atom. The molecule has 0 aliphatic heterocycles. The van der Waals surface area contributed by atoms with Crippen molar-refractivity contribution in [2.75, 3.05) is 19.0 Å². The molecule has 1 aromatic heterocycles. The lowest BCUT2D eigenvalue weighted by atomic mass is 10.2. The van der Waals surface area contributed by atoms with Gasteiger partial charge in [0.2, 0.25) is 0 Å². The van der Waals surface area contributed by atoms with Crippen molar-refractivity contribution < 1.29 is 4.74 Å². The number of hydrogen-bond donors (Lipinski definition) is 1. The Morgan fingerprint density at radius 2 is 2.18 bits per heavy atom. The Balaban J connectivity index is 2.35. The highest BCUT2D eigenvalue weighted by Crippen LogP contribution is 2.42. The molecule has 0 amide bonds. The van der Waals surface area contributed by atoms with Gasteiger partial charge in [-0.1, -0.05) is 0 Å². The van der Waals surface area contributed by atoms with E-state index in [1.54, 1.807) is 0 Å². The Hall–Kier alpha value is -0.430. The summed E-state index contributed by atoms with van der Waals surface area (Å²) in [6, 6.07) is 0. The standard InChI is InChI=1S/C12H18IN3O/c1-4-17-7(2)11-15-10(8-5-6-8)9(13)12(14-3)16-11/h7-8H,4-6H2,1-3H3,(H,14,15,16). The number of anilines is 1. The second-order valence-electron chi connectivity index (χ2n) is 4.25. The number of nitrogens with zero attached hydrogens (tertiary/aromatic N) is 2. The molecule has 17 heavy (non-hydrogen) atoms. The second kappa shape index (κ2) is 5.48. The van der Waals surface area contributed by atoms with E-state index in [1.807, 2.05) is 20.9 Å². The predicted octanol–water partition coefficient (Wildman–Crippen LogP) is 3.10. The van der Waals surface area contributed by atoms with E-state index in [0.717, 1.165) is 15.2 Å². The zero-order valence-corrected chi connectivity index (χ0v) is 12.6. The minimum Gasteiger partial charge on any atom is -0.372 e. The van der Waals surface area contributed by atoms with Gasteiger partial charge in [0, 0.05) is 19.6 Å². The molecule has 1 aromatic rings. The van der Waals surface area contributed by atoms with Crippen molar-refractivity contribution in [3.8, 4) is 0 Å². The summed E-state index contributed by atoms with van der Waals surface area (Å²) >= 11 is 2.33. The third-order valence-electron chi connectivity index (χ3n) is 2.88. The first-order chi connectivity index (χ1) is 8.17. The minimum absolute atomic E-state index is 0.0402. The largest absolute Gasteiger partial charge is 0.372 e. The van der Waals surface area contributed by atoms with Crippen LogP contribution in [0.1, 0.15) is 50.2 Å². The highest BCUT2D eigenvalue weighted by molar-refractivity contribution is 14.1. The van der Waals surface area contributed by atoms with Crippen LogP contribution in [0.4, 0.5) is 5.82 Å². The van der Waals surface area contributed by atoms with Gasteiger partial charge in [-0.3, -0.25) is 0 Å². The molecule has 2 rings (SSSR count). The van der Waals surface area contributed by atoms with Crippen molar-refractivity contribution >= 4 is 28.4 Å². The van der Waals surface area contributed by atoms with E-state index in [1.165, 1.54) is 18.5 Å². The zero-order valence-electron chi connectivity index (χ0n) is 10.5. The van der Waals surface area contributed by atoms with Gasteiger partial charge < -0.3 is 10.1 Å². The fourth-order valence-electron chi connectivity index (χ4n) is 1.78. The topological polar surface area (TPSA) is 47.0 Å². The van der Waals surface area contributed by atoms with Crippen molar-refractivity contribution in [1.29, 1.82) is 0 Å². The smallest absolute Gasteiger partial charge is 0.159 e. The Morgan fingerprint density at radius 1 is 1.47 bits per heavy atom. The first-order valence-electron chi connectivity index (χ1n) is 6.04. The van der Waals surface area contributed by atoms with Crippen molar-refractivity contribution in [3.05, 3.63) is 15.1 Å². The number of ether oxygens (including phenoxy) is 1. The molecule has 1 atom stereocenters. The van der Waals surface area contributed by atoms with E-state index in [2.05, 4.69) is 37.9 Å². The molecule has 1 saturated carbocycles. The first-order valence-corrected chi connectivity index (χ1v) is 7.11. The van der Waals surface area contributed by atoms with E-state index in [9.17, 15) is 0 Å². The molecule has 0 aromatic carbocycles. The minimum atomic E-state index is -0.0402. The molecule has 4 nitrogen and oxygen atoms in total. The molecule has 1 fully saturated rings. The van der Waals surface area contributed by atoms with E-state index in [0.29, 0.717) is 12.5 Å². The van der Waals surface area contributed by atoms with Crippen LogP contribution < -0.4 is 5.32 Å². The summed E-state index contributed by atoms with van der Waals surface area (Å²) in [6.45, 7) is 4.68. The van der Waals surface area contributed by atoms with Crippen molar-refractivity contribution in [3.63, 3.8) is 0 Å². The lowest BCUT2D eigenvalue weighted by Crippen LogP contribution is -2.11. The van der Waals surface area contributed by atoms with Crippen LogP contribution in [0.15, 0.2) is 0 Å². The summed E-state index contributed by atoms with van der Waals surface area (Å²) in [6.07, 6.45) is 2.46. The molecule has 0 saturated heterocycles. The maximum Gasteiger partial charge on any atom is 0.159 e. The SMILES string of the molecule is CCOC(C)c1nc(NC)c(I)c(C2CC2)n1. The highest BCUT2D eigenvalue weighted by Gasteiger charge is 2.29. The Kier molecular flexibility index (Phi) is 4.19. The number of rotatable bonds is 5. The molecule has 1 N–H and O–H groups in total. The van der Waals surface area contributed by atoms with Gasteiger partial charge in [0.15, 0.2) is 5.82 Å². The first kappa shape index (κ1) is 13.0. The molecular formula is C12H18IN3O. The molecule has 5 heteroatoms. The summed E-state index contributed by atoms with van der Waals surface area (Å²) in [7, 11) is 1.90. The third-order valence-corrected chi connectivity index (χ3v) is 3.94. The summed E-state index contributed by atoms with van der Waals surface area (Å²) in [5.74, 6) is 2.34. The van der Waals surface area contributed by atoms with Gasteiger partial charge in [0.05, 0.1) is 9.26 Å². The molecule has 0 spiro atoms. The summed E-state index contributed by atoms with van der Waals surface area (Å²) in [5.41, 5.74) is 1.19. The lowest BCUT2D eigenvalue weighted by Gasteiger charge is -2.15. The average Bonchev–Trinajstić information content (AvgIpc) is 3.13. The van der Waals surface area contributed by atoms with Crippen LogP contribution >= 0.6 is 22.6 Å².